The highest BCUT2D eigenvalue weighted by atomic mass is 31.1. The van der Waals surface area contributed by atoms with E-state index in [2.05, 4.69) is 104 Å². The van der Waals surface area contributed by atoms with Gasteiger partial charge in [-0.05, 0) is 50.8 Å². The van der Waals surface area contributed by atoms with E-state index in [4.69, 9.17) is 0 Å². The van der Waals surface area contributed by atoms with Crippen LogP contribution in [0.25, 0.3) is 0 Å². The lowest BCUT2D eigenvalue weighted by atomic mass is 10.1. The van der Waals surface area contributed by atoms with Gasteiger partial charge in [-0.15, -0.1) is 0 Å². The summed E-state index contributed by atoms with van der Waals surface area (Å²) in [7, 11) is -0.271. The molecule has 0 aromatic heterocycles. The summed E-state index contributed by atoms with van der Waals surface area (Å²) in [5.74, 6) is 0. The number of hydrogen-bond donors (Lipinski definition) is 0. The van der Waals surface area contributed by atoms with Crippen molar-refractivity contribution in [2.75, 3.05) is 0 Å². The lowest BCUT2D eigenvalue weighted by molar-refractivity contribution is 1.02. The molecule has 27 heavy (non-hydrogen) atoms. The minimum absolute atomic E-state index is 0.135. The monoisotopic (exact) mass is 400 g/mol. The first-order chi connectivity index (χ1) is 12.7. The summed E-state index contributed by atoms with van der Waals surface area (Å²) in [6, 6.07) is 18.5. The molecule has 0 nitrogen and oxygen atoms in total. The quantitative estimate of drug-likeness (QED) is 0.414. The van der Waals surface area contributed by atoms with E-state index < -0.39 is 0 Å². The minimum Gasteiger partial charge on any atom is -0.0698 e. The fourth-order valence-electron chi connectivity index (χ4n) is 4.33. The van der Waals surface area contributed by atoms with E-state index in [0.717, 1.165) is 29.1 Å². The largest absolute Gasteiger partial charge is 0.0698 e. The van der Waals surface area contributed by atoms with Crippen LogP contribution in [0.5, 0.6) is 0 Å². The van der Waals surface area contributed by atoms with Crippen molar-refractivity contribution in [2.24, 2.45) is 0 Å². The highest BCUT2D eigenvalue weighted by Crippen LogP contribution is 2.47. The molecule has 0 fully saturated rings. The molecule has 2 aromatic rings. The molecular weight excluding hydrogens is 362 g/mol. The summed E-state index contributed by atoms with van der Waals surface area (Å²) in [5, 5.41) is 3.23. The Kier molecular flexibility index (Phi) is 8.52. The van der Waals surface area contributed by atoms with E-state index in [9.17, 15) is 0 Å². The van der Waals surface area contributed by atoms with Crippen molar-refractivity contribution in [2.45, 2.75) is 84.4 Å². The van der Waals surface area contributed by atoms with Gasteiger partial charge in [0.2, 0.25) is 0 Å². The van der Waals surface area contributed by atoms with Gasteiger partial charge in [0.25, 0.3) is 0 Å². The van der Waals surface area contributed by atoms with Crippen LogP contribution in [-0.4, -0.2) is 22.6 Å². The van der Waals surface area contributed by atoms with E-state index in [1.807, 2.05) is 0 Å². The summed E-state index contributed by atoms with van der Waals surface area (Å²) in [6.07, 6.45) is 1.07. The summed E-state index contributed by atoms with van der Waals surface area (Å²) in [6.45, 7) is 19.2. The number of rotatable bonds is 8. The van der Waals surface area contributed by atoms with E-state index in [1.165, 1.54) is 0 Å². The van der Waals surface area contributed by atoms with E-state index in [1.54, 1.807) is 21.7 Å². The average molecular weight is 401 g/mol. The Morgan fingerprint density at radius 1 is 0.519 bits per heavy atom. The maximum absolute atomic E-state index is 2.40. The molecule has 2 rings (SSSR count). The molecule has 0 aliphatic carbocycles. The predicted octanol–water partition coefficient (Wildman–Crippen LogP) is 7.13. The van der Waals surface area contributed by atoms with Crippen molar-refractivity contribution in [1.29, 1.82) is 0 Å². The van der Waals surface area contributed by atoms with Crippen LogP contribution in [-0.2, 0) is 6.42 Å². The first kappa shape index (κ1) is 22.6. The SMILES string of the molecule is CC(C)P(c1ccccc1Cc1ccccc1P(C(C)C)C(C)C)C(C)C. The molecule has 0 heterocycles. The molecular formula is C25H38P2. The third-order valence-electron chi connectivity index (χ3n) is 5.15. The predicted molar refractivity (Wildman–Crippen MR) is 129 cm³/mol. The topological polar surface area (TPSA) is 0 Å². The Labute approximate surface area is 170 Å². The summed E-state index contributed by atoms with van der Waals surface area (Å²) < 4.78 is 0. The van der Waals surface area contributed by atoms with Crippen LogP contribution in [0, 0.1) is 0 Å². The average Bonchev–Trinajstić information content (AvgIpc) is 2.57. The molecule has 0 saturated carbocycles. The fraction of sp³-hybridized carbons (Fsp3) is 0.520. The first-order valence-corrected chi connectivity index (χ1v) is 13.4. The first-order valence-electron chi connectivity index (χ1n) is 10.5. The van der Waals surface area contributed by atoms with Gasteiger partial charge in [-0.2, -0.15) is 0 Å². The van der Waals surface area contributed by atoms with E-state index in [-0.39, 0.29) is 15.8 Å². The Morgan fingerprint density at radius 3 is 1.11 bits per heavy atom. The van der Waals surface area contributed by atoms with Crippen molar-refractivity contribution < 1.29 is 0 Å². The molecule has 0 N–H and O–H groups in total. The second-order valence-corrected chi connectivity index (χ2v) is 15.3. The summed E-state index contributed by atoms with van der Waals surface area (Å²) in [5.41, 5.74) is 5.97. The van der Waals surface area contributed by atoms with Gasteiger partial charge < -0.3 is 0 Å². The maximum atomic E-state index is 2.40. The molecule has 0 spiro atoms. The van der Waals surface area contributed by atoms with Gasteiger partial charge in [0.15, 0.2) is 0 Å². The van der Waals surface area contributed by atoms with Crippen LogP contribution in [0.3, 0.4) is 0 Å². The molecule has 0 amide bonds. The highest BCUT2D eigenvalue weighted by molar-refractivity contribution is 7.67. The fourth-order valence-corrected chi connectivity index (χ4v) is 10.4. The van der Waals surface area contributed by atoms with Gasteiger partial charge in [0, 0.05) is 0 Å². The lowest BCUT2D eigenvalue weighted by Gasteiger charge is -2.30. The zero-order chi connectivity index (χ0) is 20.1. The van der Waals surface area contributed by atoms with Crippen LogP contribution in [0.1, 0.15) is 66.5 Å². The number of hydrogen-bond acceptors (Lipinski definition) is 0. The van der Waals surface area contributed by atoms with Gasteiger partial charge in [-0.25, -0.2) is 0 Å². The summed E-state index contributed by atoms with van der Waals surface area (Å²) >= 11 is 0. The highest BCUT2D eigenvalue weighted by Gasteiger charge is 2.24. The Bertz CT molecular complexity index is 638. The molecule has 0 atom stereocenters. The summed E-state index contributed by atoms with van der Waals surface area (Å²) in [4.78, 5) is 0. The second-order valence-electron chi connectivity index (χ2n) is 8.62. The Hall–Kier alpha value is -0.700. The standard InChI is InChI=1S/C25H38P2/c1-18(2)26(19(3)4)24-15-11-9-13-22(24)17-23-14-10-12-16-25(23)27(20(5)6)21(7)8/h9-16,18-21H,17H2,1-8H3. The lowest BCUT2D eigenvalue weighted by Crippen LogP contribution is -2.22. The van der Waals surface area contributed by atoms with Crippen molar-refractivity contribution >= 4 is 26.5 Å². The zero-order valence-electron chi connectivity index (χ0n) is 18.5. The molecule has 2 heteroatoms. The molecule has 0 bridgehead atoms. The van der Waals surface area contributed by atoms with Gasteiger partial charge in [0.1, 0.15) is 0 Å². The van der Waals surface area contributed by atoms with Crippen molar-refractivity contribution in [3.63, 3.8) is 0 Å². The van der Waals surface area contributed by atoms with Crippen LogP contribution < -0.4 is 10.6 Å². The molecule has 2 aromatic carbocycles. The van der Waals surface area contributed by atoms with Gasteiger partial charge in [0.05, 0.1) is 0 Å². The van der Waals surface area contributed by atoms with E-state index >= 15 is 0 Å². The zero-order valence-corrected chi connectivity index (χ0v) is 20.3. The normalized spacial score (nSPS) is 12.4. The molecule has 148 valence electrons. The molecule has 0 unspecified atom stereocenters. The molecule has 0 saturated heterocycles. The molecule has 0 radical (unpaired) electrons. The Balaban J connectivity index is 2.48. The van der Waals surface area contributed by atoms with Crippen LogP contribution in [0.2, 0.25) is 0 Å². The number of benzene rings is 2. The smallest absolute Gasteiger partial charge is 0.00131 e. The third kappa shape index (κ3) is 5.65. The van der Waals surface area contributed by atoms with E-state index in [0.29, 0.717) is 0 Å². The van der Waals surface area contributed by atoms with Crippen LogP contribution >= 0.6 is 15.8 Å². The molecule has 0 aliphatic heterocycles. The van der Waals surface area contributed by atoms with Crippen LogP contribution in [0.15, 0.2) is 48.5 Å². The maximum Gasteiger partial charge on any atom is -0.00131 e. The Morgan fingerprint density at radius 2 is 0.815 bits per heavy atom. The van der Waals surface area contributed by atoms with Crippen molar-refractivity contribution in [3.05, 3.63) is 59.7 Å². The third-order valence-corrected chi connectivity index (χ3v) is 11.6. The van der Waals surface area contributed by atoms with Gasteiger partial charge >= 0.3 is 0 Å². The molecule has 0 aliphatic rings. The second kappa shape index (κ2) is 10.2. The van der Waals surface area contributed by atoms with Gasteiger partial charge in [-0.3, -0.25) is 0 Å². The minimum atomic E-state index is -0.135. The van der Waals surface area contributed by atoms with Gasteiger partial charge in [-0.1, -0.05) is 120 Å². The van der Waals surface area contributed by atoms with Crippen LogP contribution in [0.4, 0.5) is 0 Å². The van der Waals surface area contributed by atoms with Crippen molar-refractivity contribution in [3.8, 4) is 0 Å². The van der Waals surface area contributed by atoms with Crippen molar-refractivity contribution in [1.82, 2.24) is 0 Å².